The average molecular weight is 654 g/mol. The van der Waals surface area contributed by atoms with Gasteiger partial charge in [0.2, 0.25) is 5.88 Å². The Labute approximate surface area is 223 Å². The number of phenols is 1. The Morgan fingerprint density at radius 3 is 2.36 bits per heavy atom. The topological polar surface area (TPSA) is 60.2 Å². The predicted molar refractivity (Wildman–Crippen MR) is 140 cm³/mol. The van der Waals surface area contributed by atoms with Crippen LogP contribution in [0, 0.1) is 33.8 Å². The number of pyridine rings is 2. The Kier molecular flexibility index (Phi) is 6.05. The third-order valence-corrected chi connectivity index (χ3v) is 6.52. The van der Waals surface area contributed by atoms with Crippen LogP contribution in [0.25, 0.3) is 38.5 Å². The molecule has 0 spiro atoms. The number of nitrogens with zero attached hydrogens (tertiary/aromatic N) is 3. The van der Waals surface area contributed by atoms with Crippen LogP contribution in [0.1, 0.15) is 22.4 Å². The van der Waals surface area contributed by atoms with E-state index in [1.807, 2.05) is 63.2 Å². The zero-order valence-corrected chi connectivity index (χ0v) is 22.6. The number of benzene rings is 3. The molecule has 182 valence electrons. The minimum Gasteiger partial charge on any atom is -0.505 e. The molecule has 0 unspecified atom stereocenters. The molecule has 0 aliphatic rings. The van der Waals surface area contributed by atoms with Gasteiger partial charge in [0.25, 0.3) is 0 Å². The smallest absolute Gasteiger partial charge is 0.217 e. The number of phenolic OH excluding ortho intramolecular Hbond substituents is 1. The fourth-order valence-corrected chi connectivity index (χ4v) is 4.85. The molecule has 6 heteroatoms. The van der Waals surface area contributed by atoms with Crippen molar-refractivity contribution in [3.05, 3.63) is 95.2 Å². The van der Waals surface area contributed by atoms with Crippen molar-refractivity contribution in [3.63, 3.8) is 0 Å². The number of hydrogen-bond acceptors (Lipinski definition) is 4. The van der Waals surface area contributed by atoms with Crippen molar-refractivity contribution in [2.24, 2.45) is 0 Å². The molecule has 0 saturated carbocycles. The fraction of sp³-hybridized carbons (Fsp3) is 0.133. The van der Waals surface area contributed by atoms with Crippen LogP contribution in [0.4, 0.5) is 0 Å². The van der Waals surface area contributed by atoms with E-state index in [1.165, 1.54) is 0 Å². The van der Waals surface area contributed by atoms with Gasteiger partial charge < -0.3 is 14.4 Å². The van der Waals surface area contributed by atoms with E-state index in [2.05, 4.69) is 46.8 Å². The third-order valence-electron chi connectivity index (χ3n) is 6.52. The van der Waals surface area contributed by atoms with Gasteiger partial charge in [0.15, 0.2) is 0 Å². The molecule has 5 nitrogen and oxygen atoms in total. The molecular formula is C30H24N3O2Pt-. The number of aryl methyl sites for hydroxylation is 4. The van der Waals surface area contributed by atoms with Crippen molar-refractivity contribution in [1.82, 2.24) is 14.5 Å². The van der Waals surface area contributed by atoms with E-state index in [1.54, 1.807) is 0 Å². The van der Waals surface area contributed by atoms with E-state index >= 15 is 0 Å². The van der Waals surface area contributed by atoms with Crippen molar-refractivity contribution in [2.75, 3.05) is 0 Å². The first-order valence-corrected chi connectivity index (χ1v) is 11.6. The van der Waals surface area contributed by atoms with Crippen LogP contribution in [0.2, 0.25) is 0 Å². The molecule has 0 bridgehead atoms. The molecule has 3 aromatic carbocycles. The van der Waals surface area contributed by atoms with Crippen molar-refractivity contribution < 1.29 is 30.9 Å². The molecule has 0 aliphatic carbocycles. The Morgan fingerprint density at radius 2 is 1.56 bits per heavy atom. The first-order valence-electron chi connectivity index (χ1n) is 11.6. The van der Waals surface area contributed by atoms with Gasteiger partial charge in [0, 0.05) is 49.5 Å². The summed E-state index contributed by atoms with van der Waals surface area (Å²) in [6.07, 6.45) is 0. The van der Waals surface area contributed by atoms with E-state index in [4.69, 9.17) is 9.72 Å². The number of aromatic nitrogens is 3. The summed E-state index contributed by atoms with van der Waals surface area (Å²) in [5.41, 5.74) is 6.49. The van der Waals surface area contributed by atoms with E-state index in [0.717, 1.165) is 55.4 Å². The molecule has 0 radical (unpaired) electrons. The number of para-hydroxylation sites is 1. The molecule has 0 saturated heterocycles. The molecule has 0 aliphatic heterocycles. The van der Waals surface area contributed by atoms with Crippen LogP contribution in [0.3, 0.4) is 0 Å². The fourth-order valence-electron chi connectivity index (χ4n) is 4.85. The SMILES string of the molecule is Cc1cccc(-n2c3[c-]c(Oc4ccc5c(C)cc(C)c(O)c5n4)ccc3c3cccc(C)c32)n1.[Pt]. The van der Waals surface area contributed by atoms with Crippen LogP contribution in [0.5, 0.6) is 17.4 Å². The quantitative estimate of drug-likeness (QED) is 0.205. The summed E-state index contributed by atoms with van der Waals surface area (Å²) in [6.45, 7) is 7.99. The molecule has 3 aromatic heterocycles. The molecule has 6 rings (SSSR count). The summed E-state index contributed by atoms with van der Waals surface area (Å²) in [5, 5.41) is 13.7. The van der Waals surface area contributed by atoms with Crippen LogP contribution in [-0.4, -0.2) is 19.6 Å². The zero-order valence-electron chi connectivity index (χ0n) is 20.4. The summed E-state index contributed by atoms with van der Waals surface area (Å²) in [4.78, 5) is 9.40. The number of aromatic hydroxyl groups is 1. The van der Waals surface area contributed by atoms with E-state index in [-0.39, 0.29) is 26.8 Å². The molecule has 6 aromatic rings. The van der Waals surface area contributed by atoms with Crippen molar-refractivity contribution in [3.8, 4) is 23.2 Å². The first kappa shape index (κ1) is 24.0. The van der Waals surface area contributed by atoms with E-state index < -0.39 is 0 Å². The van der Waals surface area contributed by atoms with Gasteiger partial charge in [-0.3, -0.25) is 0 Å². The molecule has 0 fully saturated rings. The van der Waals surface area contributed by atoms with Crippen LogP contribution < -0.4 is 4.74 Å². The molecule has 0 amide bonds. The normalized spacial score (nSPS) is 11.2. The Hall–Kier alpha value is -3.69. The monoisotopic (exact) mass is 653 g/mol. The number of fused-ring (bicyclic) bond motifs is 4. The van der Waals surface area contributed by atoms with Gasteiger partial charge in [-0.15, -0.1) is 17.5 Å². The number of rotatable bonds is 3. The minimum absolute atomic E-state index is 0. The van der Waals surface area contributed by atoms with Crippen molar-refractivity contribution >= 4 is 32.7 Å². The second-order valence-electron chi connectivity index (χ2n) is 9.04. The Morgan fingerprint density at radius 1 is 0.778 bits per heavy atom. The van der Waals surface area contributed by atoms with Gasteiger partial charge in [-0.25, -0.2) is 9.97 Å². The Bertz CT molecular complexity index is 1790. The summed E-state index contributed by atoms with van der Waals surface area (Å²) in [5.74, 6) is 1.97. The van der Waals surface area contributed by atoms with Gasteiger partial charge >= 0.3 is 0 Å². The standard InChI is InChI=1S/C30H24N3O2.Pt/c1-17-7-5-9-24-23-12-11-21(16-25(23)33(29(17)24)26-10-6-8-20(4)31-26)35-27-14-13-22-18(2)15-19(3)30(34)28(22)32-27;/h5-15,34H,1-4H3;/q-1;. The van der Waals surface area contributed by atoms with Crippen LogP contribution >= 0.6 is 0 Å². The second kappa shape index (κ2) is 9.07. The average Bonchev–Trinajstić information content (AvgIpc) is 3.17. The van der Waals surface area contributed by atoms with Crippen molar-refractivity contribution in [2.45, 2.75) is 27.7 Å². The van der Waals surface area contributed by atoms with Crippen LogP contribution in [0.15, 0.2) is 66.7 Å². The summed E-state index contributed by atoms with van der Waals surface area (Å²) in [6, 6.07) is 25.5. The van der Waals surface area contributed by atoms with Gasteiger partial charge in [-0.05, 0) is 68.0 Å². The van der Waals surface area contributed by atoms with Gasteiger partial charge in [0.05, 0.1) is 0 Å². The largest absolute Gasteiger partial charge is 0.505 e. The van der Waals surface area contributed by atoms with Crippen molar-refractivity contribution in [1.29, 1.82) is 0 Å². The molecule has 1 N–H and O–H groups in total. The molecule has 0 atom stereocenters. The third kappa shape index (κ3) is 3.84. The zero-order chi connectivity index (χ0) is 24.3. The van der Waals surface area contributed by atoms with Gasteiger partial charge in [-0.1, -0.05) is 35.8 Å². The summed E-state index contributed by atoms with van der Waals surface area (Å²) >= 11 is 0. The summed E-state index contributed by atoms with van der Waals surface area (Å²) < 4.78 is 8.30. The maximum absolute atomic E-state index is 10.6. The molecule has 36 heavy (non-hydrogen) atoms. The maximum Gasteiger partial charge on any atom is 0.217 e. The number of hydrogen-bond donors (Lipinski definition) is 1. The molecular weight excluding hydrogens is 629 g/mol. The minimum atomic E-state index is 0. The first-order chi connectivity index (χ1) is 16.9. The maximum atomic E-state index is 10.6. The van der Waals surface area contributed by atoms with E-state index in [9.17, 15) is 5.11 Å². The van der Waals surface area contributed by atoms with Crippen LogP contribution in [-0.2, 0) is 21.1 Å². The number of ether oxygens (including phenoxy) is 1. The van der Waals surface area contributed by atoms with Gasteiger partial charge in [0.1, 0.15) is 17.1 Å². The van der Waals surface area contributed by atoms with Gasteiger partial charge in [-0.2, -0.15) is 6.07 Å². The predicted octanol–water partition coefficient (Wildman–Crippen LogP) is 7.26. The molecule has 3 heterocycles. The van der Waals surface area contributed by atoms with E-state index in [0.29, 0.717) is 17.1 Å². The summed E-state index contributed by atoms with van der Waals surface area (Å²) in [7, 11) is 0. The Balaban J connectivity index is 0.00000267. The second-order valence-corrected chi connectivity index (χ2v) is 9.04.